The fraction of sp³-hybridized carbons (Fsp3) is 0.857. The summed E-state index contributed by atoms with van der Waals surface area (Å²) in [5.41, 5.74) is -1.63. The number of rotatable bonds is 3. The second-order valence-electron chi connectivity index (χ2n) is 7.04. The fourth-order valence-electron chi connectivity index (χ4n) is 2.34. The predicted octanol–water partition coefficient (Wildman–Crippen LogP) is 2.48. The lowest BCUT2D eigenvalue weighted by molar-refractivity contribution is -0.160. The third kappa shape index (κ3) is 4.11. The number of carbonyl (C=O) groups is 2. The molecule has 0 aromatic heterocycles. The molecule has 0 spiro atoms. The minimum absolute atomic E-state index is 0.0780. The van der Waals surface area contributed by atoms with Crippen LogP contribution < -0.4 is 5.32 Å². The van der Waals surface area contributed by atoms with Gasteiger partial charge in [0.2, 0.25) is 11.8 Å². The van der Waals surface area contributed by atoms with E-state index in [0.717, 1.165) is 0 Å². The molecule has 1 N–H and O–H groups in total. The predicted molar refractivity (Wildman–Crippen MR) is 72.5 cm³/mol. The van der Waals surface area contributed by atoms with E-state index >= 15 is 0 Å². The summed E-state index contributed by atoms with van der Waals surface area (Å²) in [6, 6.07) is -0.719. The molecule has 4 nitrogen and oxygen atoms in total. The van der Waals surface area contributed by atoms with Crippen molar-refractivity contribution in [3.8, 4) is 0 Å². The third-order valence-corrected chi connectivity index (χ3v) is 3.73. The minimum Gasteiger partial charge on any atom is -0.342 e. The summed E-state index contributed by atoms with van der Waals surface area (Å²) < 4.78 is 36.8. The summed E-state index contributed by atoms with van der Waals surface area (Å²) in [6.45, 7) is 8.44. The van der Waals surface area contributed by atoms with E-state index in [4.69, 9.17) is 0 Å². The average molecular weight is 308 g/mol. The van der Waals surface area contributed by atoms with Crippen molar-refractivity contribution in [3.05, 3.63) is 0 Å². The Balaban J connectivity index is 2.90. The van der Waals surface area contributed by atoms with E-state index in [1.807, 2.05) is 20.8 Å². The van der Waals surface area contributed by atoms with Gasteiger partial charge in [-0.3, -0.25) is 9.59 Å². The Hall–Kier alpha value is -1.27. The second-order valence-corrected chi connectivity index (χ2v) is 7.04. The Morgan fingerprint density at radius 3 is 2.14 bits per heavy atom. The van der Waals surface area contributed by atoms with Gasteiger partial charge in [0.1, 0.15) is 11.6 Å². The van der Waals surface area contributed by atoms with Gasteiger partial charge in [0, 0.05) is 13.0 Å². The van der Waals surface area contributed by atoms with Crippen molar-refractivity contribution in [1.82, 2.24) is 10.2 Å². The first-order valence-corrected chi connectivity index (χ1v) is 6.96. The van der Waals surface area contributed by atoms with Crippen LogP contribution in [0.15, 0.2) is 0 Å². The van der Waals surface area contributed by atoms with Crippen molar-refractivity contribution in [3.63, 3.8) is 0 Å². The standard InChI is InChI=1S/C14H23F3N2O2/c1-12(2,3)9-10(20)19(8-6-7-14(15,16)17)13(4,5)11(21)18-9/h9H,6-8H2,1-5H3,(H,18,21). The number of hydrogen-bond donors (Lipinski definition) is 1. The Kier molecular flexibility index (Phi) is 4.65. The van der Waals surface area contributed by atoms with Gasteiger partial charge >= 0.3 is 6.18 Å². The van der Waals surface area contributed by atoms with Gasteiger partial charge in [0.15, 0.2) is 0 Å². The largest absolute Gasteiger partial charge is 0.389 e. The van der Waals surface area contributed by atoms with E-state index in [1.54, 1.807) is 13.8 Å². The summed E-state index contributed by atoms with van der Waals surface area (Å²) in [6.07, 6.45) is -5.42. The molecule has 1 aliphatic heterocycles. The van der Waals surface area contributed by atoms with Gasteiger partial charge in [0.25, 0.3) is 0 Å². The zero-order valence-corrected chi connectivity index (χ0v) is 13.1. The van der Waals surface area contributed by atoms with E-state index < -0.39 is 29.6 Å². The van der Waals surface area contributed by atoms with Crippen LogP contribution in [-0.2, 0) is 9.59 Å². The quantitative estimate of drug-likeness (QED) is 0.871. The van der Waals surface area contributed by atoms with Crippen LogP contribution in [0.3, 0.4) is 0 Å². The van der Waals surface area contributed by atoms with Crippen molar-refractivity contribution >= 4 is 11.8 Å². The molecule has 0 bridgehead atoms. The van der Waals surface area contributed by atoms with Gasteiger partial charge in [-0.25, -0.2) is 0 Å². The molecule has 1 atom stereocenters. The molecule has 7 heteroatoms. The molecule has 1 heterocycles. The summed E-state index contributed by atoms with van der Waals surface area (Å²) in [4.78, 5) is 26.0. The van der Waals surface area contributed by atoms with Gasteiger partial charge in [-0.1, -0.05) is 20.8 Å². The van der Waals surface area contributed by atoms with E-state index in [0.29, 0.717) is 0 Å². The molecule has 1 saturated heterocycles. The van der Waals surface area contributed by atoms with Crippen LogP contribution in [0.5, 0.6) is 0 Å². The van der Waals surface area contributed by atoms with Crippen LogP contribution in [0.1, 0.15) is 47.5 Å². The highest BCUT2D eigenvalue weighted by atomic mass is 19.4. The molecule has 1 fully saturated rings. The first kappa shape index (κ1) is 17.8. The Morgan fingerprint density at radius 1 is 1.19 bits per heavy atom. The SMILES string of the molecule is CC(C)(C)C1NC(=O)C(C)(C)N(CCCC(F)(F)F)C1=O. The molecule has 0 radical (unpaired) electrons. The van der Waals surface area contributed by atoms with Crippen LogP contribution in [-0.4, -0.2) is 41.0 Å². The summed E-state index contributed by atoms with van der Waals surface area (Å²) in [5, 5.41) is 2.68. The number of amides is 2. The van der Waals surface area contributed by atoms with E-state index in [-0.39, 0.29) is 24.8 Å². The molecule has 0 aliphatic carbocycles. The number of nitrogens with zero attached hydrogens (tertiary/aromatic N) is 1. The number of carbonyl (C=O) groups excluding carboxylic acids is 2. The second kappa shape index (κ2) is 5.50. The molecule has 1 aliphatic rings. The van der Waals surface area contributed by atoms with Crippen molar-refractivity contribution < 1.29 is 22.8 Å². The van der Waals surface area contributed by atoms with Crippen LogP contribution >= 0.6 is 0 Å². The lowest BCUT2D eigenvalue weighted by atomic mass is 9.82. The number of halogens is 3. The van der Waals surface area contributed by atoms with Gasteiger partial charge in [0.05, 0.1) is 0 Å². The van der Waals surface area contributed by atoms with Crippen molar-refractivity contribution in [1.29, 1.82) is 0 Å². The van der Waals surface area contributed by atoms with Gasteiger partial charge < -0.3 is 10.2 Å². The Labute approximate surface area is 123 Å². The van der Waals surface area contributed by atoms with Gasteiger partial charge in [-0.2, -0.15) is 13.2 Å². The molecule has 0 saturated carbocycles. The number of alkyl halides is 3. The maximum Gasteiger partial charge on any atom is 0.389 e. The summed E-state index contributed by atoms with van der Waals surface area (Å²) in [5.74, 6) is -0.664. The summed E-state index contributed by atoms with van der Waals surface area (Å²) >= 11 is 0. The van der Waals surface area contributed by atoms with E-state index in [1.165, 1.54) is 4.90 Å². The topological polar surface area (TPSA) is 49.4 Å². The monoisotopic (exact) mass is 308 g/mol. The van der Waals surface area contributed by atoms with E-state index in [2.05, 4.69) is 5.32 Å². The highest BCUT2D eigenvalue weighted by molar-refractivity contribution is 5.99. The maximum absolute atomic E-state index is 12.5. The minimum atomic E-state index is -4.26. The van der Waals surface area contributed by atoms with Crippen LogP contribution in [0, 0.1) is 5.41 Å². The molecule has 21 heavy (non-hydrogen) atoms. The third-order valence-electron chi connectivity index (χ3n) is 3.73. The molecule has 0 aromatic rings. The molecule has 1 rings (SSSR count). The van der Waals surface area contributed by atoms with Crippen LogP contribution in [0.2, 0.25) is 0 Å². The molecule has 2 amide bonds. The highest BCUT2D eigenvalue weighted by Crippen LogP contribution is 2.30. The lowest BCUT2D eigenvalue weighted by Gasteiger charge is -2.47. The molecule has 1 unspecified atom stereocenters. The molecule has 0 aromatic carbocycles. The van der Waals surface area contributed by atoms with Gasteiger partial charge in [-0.05, 0) is 25.7 Å². The smallest absolute Gasteiger partial charge is 0.342 e. The fourth-order valence-corrected chi connectivity index (χ4v) is 2.34. The highest BCUT2D eigenvalue weighted by Gasteiger charge is 2.49. The number of hydrogen-bond acceptors (Lipinski definition) is 2. The van der Waals surface area contributed by atoms with Crippen molar-refractivity contribution in [2.75, 3.05) is 6.54 Å². The van der Waals surface area contributed by atoms with Crippen LogP contribution in [0.4, 0.5) is 13.2 Å². The van der Waals surface area contributed by atoms with Crippen LogP contribution in [0.25, 0.3) is 0 Å². The molecular formula is C14H23F3N2O2. The zero-order valence-electron chi connectivity index (χ0n) is 13.1. The number of piperazine rings is 1. The van der Waals surface area contributed by atoms with E-state index in [9.17, 15) is 22.8 Å². The normalized spacial score (nSPS) is 23.2. The average Bonchev–Trinajstić information content (AvgIpc) is 2.25. The summed E-state index contributed by atoms with van der Waals surface area (Å²) in [7, 11) is 0. The maximum atomic E-state index is 12.5. The molecule has 122 valence electrons. The Morgan fingerprint density at radius 2 is 1.71 bits per heavy atom. The first-order valence-electron chi connectivity index (χ1n) is 6.96. The van der Waals surface area contributed by atoms with Gasteiger partial charge in [-0.15, -0.1) is 0 Å². The Bertz CT molecular complexity index is 425. The van der Waals surface area contributed by atoms with Crippen molar-refractivity contribution in [2.45, 2.75) is 65.2 Å². The zero-order chi connectivity index (χ0) is 16.6. The molecular weight excluding hydrogens is 285 g/mol. The first-order chi connectivity index (χ1) is 9.27. The number of nitrogens with one attached hydrogen (secondary N) is 1. The lowest BCUT2D eigenvalue weighted by Crippen LogP contribution is -2.70. The van der Waals surface area contributed by atoms with Crippen molar-refractivity contribution in [2.24, 2.45) is 5.41 Å².